The molecule has 1 saturated heterocycles. The molecule has 0 radical (unpaired) electrons. The van der Waals surface area contributed by atoms with Crippen molar-refractivity contribution in [3.63, 3.8) is 0 Å². The van der Waals surface area contributed by atoms with E-state index in [4.69, 9.17) is 14.6 Å². The smallest absolute Gasteiger partial charge is 0.338 e. The normalized spacial score (nSPS) is 18.3. The van der Waals surface area contributed by atoms with Crippen LogP contribution in [0.4, 0.5) is 0 Å². The number of aromatic nitrogens is 2. The van der Waals surface area contributed by atoms with Gasteiger partial charge in [-0.15, -0.1) is 0 Å². The number of amides is 1. The Labute approximate surface area is 224 Å². The van der Waals surface area contributed by atoms with E-state index in [-0.39, 0.29) is 23.3 Å². The maximum atomic E-state index is 12.9. The summed E-state index contributed by atoms with van der Waals surface area (Å²) in [5, 5.41) is 7.72. The molecule has 11 heteroatoms. The third-order valence-electron chi connectivity index (χ3n) is 6.92. The lowest BCUT2D eigenvalue weighted by Gasteiger charge is -2.16. The van der Waals surface area contributed by atoms with E-state index >= 15 is 0 Å². The summed E-state index contributed by atoms with van der Waals surface area (Å²) in [5.41, 5.74) is 2.61. The summed E-state index contributed by atoms with van der Waals surface area (Å²) in [6.07, 6.45) is 4.62. The van der Waals surface area contributed by atoms with Crippen molar-refractivity contribution in [3.05, 3.63) is 46.8 Å². The maximum absolute atomic E-state index is 12.9. The fourth-order valence-electron chi connectivity index (χ4n) is 4.86. The lowest BCUT2D eigenvalue weighted by molar-refractivity contribution is 0.0435. The van der Waals surface area contributed by atoms with Crippen molar-refractivity contribution in [2.75, 3.05) is 39.5 Å². The summed E-state index contributed by atoms with van der Waals surface area (Å²) in [5.74, 6) is -0.660. The molecule has 1 aromatic carbocycles. The molecule has 1 atom stereocenters. The zero-order chi connectivity index (χ0) is 27.1. The number of carbonyl (C=O) groups is 2. The zero-order valence-electron chi connectivity index (χ0n) is 22.3. The highest BCUT2D eigenvalue weighted by Gasteiger charge is 2.27. The molecule has 0 aliphatic carbocycles. The van der Waals surface area contributed by atoms with E-state index in [1.807, 2.05) is 18.5 Å². The summed E-state index contributed by atoms with van der Waals surface area (Å²) in [7, 11) is -3.53. The predicted molar refractivity (Wildman–Crippen MR) is 142 cm³/mol. The number of sulfonamides is 1. The number of hydrogen-bond acceptors (Lipinski definition) is 7. The van der Waals surface area contributed by atoms with E-state index in [0.29, 0.717) is 63.4 Å². The second-order valence-electron chi connectivity index (χ2n) is 9.97. The maximum Gasteiger partial charge on any atom is 0.338 e. The molecule has 3 heterocycles. The Morgan fingerprint density at radius 2 is 1.84 bits per heavy atom. The van der Waals surface area contributed by atoms with Crippen molar-refractivity contribution in [2.24, 2.45) is 5.92 Å². The molecule has 1 fully saturated rings. The lowest BCUT2D eigenvalue weighted by Crippen LogP contribution is -2.27. The van der Waals surface area contributed by atoms with Gasteiger partial charge in [0.05, 0.1) is 34.0 Å². The Kier molecular flexibility index (Phi) is 9.56. The molecule has 0 saturated carbocycles. The molecule has 208 valence electrons. The Balaban J connectivity index is 1.39. The third kappa shape index (κ3) is 6.62. The Morgan fingerprint density at radius 1 is 1.13 bits per heavy atom. The number of rotatable bonds is 8. The average Bonchev–Trinajstić information content (AvgIpc) is 3.57. The quantitative estimate of drug-likeness (QED) is 0.506. The number of nitrogens with one attached hydrogen (secondary N) is 1. The van der Waals surface area contributed by atoms with Crippen LogP contribution >= 0.6 is 0 Å². The van der Waals surface area contributed by atoms with Crippen LogP contribution in [0.1, 0.15) is 71.6 Å². The summed E-state index contributed by atoms with van der Waals surface area (Å²) >= 11 is 0. The first-order chi connectivity index (χ1) is 18.3. The van der Waals surface area contributed by atoms with Crippen LogP contribution < -0.4 is 5.32 Å². The van der Waals surface area contributed by atoms with E-state index < -0.39 is 16.0 Å². The summed E-state index contributed by atoms with van der Waals surface area (Å²) in [6, 6.07) is 5.91. The van der Waals surface area contributed by atoms with Gasteiger partial charge in [-0.1, -0.05) is 13.8 Å². The first-order valence-corrected chi connectivity index (χ1v) is 15.0. The predicted octanol–water partition coefficient (Wildman–Crippen LogP) is 2.81. The first kappa shape index (κ1) is 28.3. The van der Waals surface area contributed by atoms with Gasteiger partial charge in [0.25, 0.3) is 5.91 Å². The Bertz CT molecular complexity index is 1220. The molecular formula is C27H38N4O6S. The van der Waals surface area contributed by atoms with Crippen LogP contribution in [-0.4, -0.2) is 73.8 Å². The van der Waals surface area contributed by atoms with Gasteiger partial charge in [-0.3, -0.25) is 9.48 Å². The molecule has 1 aromatic heterocycles. The van der Waals surface area contributed by atoms with Crippen molar-refractivity contribution in [1.82, 2.24) is 19.4 Å². The van der Waals surface area contributed by atoms with E-state index in [0.717, 1.165) is 37.1 Å². The van der Waals surface area contributed by atoms with E-state index in [1.165, 1.54) is 28.6 Å². The minimum atomic E-state index is -3.53. The fraction of sp³-hybridized carbons (Fsp3) is 0.593. The molecule has 2 aliphatic rings. The molecule has 2 aliphatic heterocycles. The Hall–Kier alpha value is -2.76. The van der Waals surface area contributed by atoms with Gasteiger partial charge in [-0.25, -0.2) is 13.2 Å². The first-order valence-electron chi connectivity index (χ1n) is 13.5. The van der Waals surface area contributed by atoms with Crippen molar-refractivity contribution in [3.8, 4) is 0 Å². The molecule has 38 heavy (non-hydrogen) atoms. The molecule has 2 aromatic rings. The highest BCUT2D eigenvalue weighted by molar-refractivity contribution is 7.89. The van der Waals surface area contributed by atoms with Crippen LogP contribution in [0.2, 0.25) is 0 Å². The van der Waals surface area contributed by atoms with Crippen LogP contribution in [0.15, 0.2) is 29.2 Å². The molecule has 0 spiro atoms. The van der Waals surface area contributed by atoms with Gasteiger partial charge in [0.1, 0.15) is 0 Å². The summed E-state index contributed by atoms with van der Waals surface area (Å²) < 4.78 is 40.0. The SMILES string of the molecule is CCc1nn(C[C@@H](C)COC(=O)c2ccc(S(=O)(=O)N3CCCC3)cc2)c2c1C(=O)NCCCOCCC2. The van der Waals surface area contributed by atoms with Crippen LogP contribution in [0.5, 0.6) is 0 Å². The van der Waals surface area contributed by atoms with Gasteiger partial charge < -0.3 is 14.8 Å². The summed E-state index contributed by atoms with van der Waals surface area (Å²) in [6.45, 7) is 7.49. The van der Waals surface area contributed by atoms with Crippen LogP contribution in [0, 0.1) is 5.92 Å². The number of carbonyl (C=O) groups excluding carboxylic acids is 2. The van der Waals surface area contributed by atoms with E-state index in [2.05, 4.69) is 5.32 Å². The van der Waals surface area contributed by atoms with Gasteiger partial charge in [-0.05, 0) is 62.8 Å². The topological polar surface area (TPSA) is 120 Å². The fourth-order valence-corrected chi connectivity index (χ4v) is 6.38. The van der Waals surface area contributed by atoms with Crippen molar-refractivity contribution in [1.29, 1.82) is 0 Å². The number of nitrogens with zero attached hydrogens (tertiary/aromatic N) is 3. The van der Waals surface area contributed by atoms with Crippen molar-refractivity contribution < 1.29 is 27.5 Å². The number of ether oxygens (including phenoxy) is 2. The van der Waals surface area contributed by atoms with Crippen molar-refractivity contribution in [2.45, 2.75) is 63.8 Å². The highest BCUT2D eigenvalue weighted by atomic mass is 32.2. The van der Waals surface area contributed by atoms with Gasteiger partial charge >= 0.3 is 5.97 Å². The summed E-state index contributed by atoms with van der Waals surface area (Å²) in [4.78, 5) is 25.8. The lowest BCUT2D eigenvalue weighted by atomic mass is 10.1. The molecule has 0 bridgehead atoms. The number of aryl methyl sites for hydroxylation is 1. The molecular weight excluding hydrogens is 508 g/mol. The molecule has 1 amide bonds. The van der Waals surface area contributed by atoms with E-state index in [1.54, 1.807) is 0 Å². The standard InChI is InChI=1S/C27H38N4O6S/c1-3-23-25-24(8-6-16-36-17-7-13-28-26(25)32)31(29-23)18-20(2)19-37-27(33)21-9-11-22(12-10-21)38(34,35)30-14-4-5-15-30/h9-12,20H,3-8,13-19H2,1-2H3,(H,28,32)/t20-/m1/s1. The van der Waals surface area contributed by atoms with E-state index in [9.17, 15) is 18.0 Å². The second kappa shape index (κ2) is 12.9. The van der Waals surface area contributed by atoms with Crippen LogP contribution in [-0.2, 0) is 38.9 Å². The van der Waals surface area contributed by atoms with Crippen LogP contribution in [0.25, 0.3) is 0 Å². The van der Waals surface area contributed by atoms with Gasteiger partial charge in [0.15, 0.2) is 0 Å². The molecule has 1 N–H and O–H groups in total. The minimum Gasteiger partial charge on any atom is -0.462 e. The van der Waals surface area contributed by atoms with Crippen molar-refractivity contribution >= 4 is 21.9 Å². The Morgan fingerprint density at radius 3 is 2.55 bits per heavy atom. The minimum absolute atomic E-state index is 0.0556. The van der Waals surface area contributed by atoms with Gasteiger partial charge in [0.2, 0.25) is 10.0 Å². The molecule has 10 nitrogen and oxygen atoms in total. The highest BCUT2D eigenvalue weighted by Crippen LogP contribution is 2.22. The largest absolute Gasteiger partial charge is 0.462 e. The third-order valence-corrected chi connectivity index (χ3v) is 8.83. The molecule has 4 rings (SSSR count). The number of fused-ring (bicyclic) bond motifs is 1. The van der Waals surface area contributed by atoms with Gasteiger partial charge in [0, 0.05) is 45.3 Å². The second-order valence-corrected chi connectivity index (χ2v) is 11.9. The van der Waals surface area contributed by atoms with Gasteiger partial charge in [-0.2, -0.15) is 9.40 Å². The van der Waals surface area contributed by atoms with Crippen LogP contribution in [0.3, 0.4) is 0 Å². The average molecular weight is 547 g/mol. The number of benzene rings is 1. The number of esters is 1. The zero-order valence-corrected chi connectivity index (χ0v) is 23.1. The monoisotopic (exact) mass is 546 g/mol. The number of hydrogen-bond donors (Lipinski definition) is 1. The molecule has 0 unspecified atom stereocenters.